The highest BCUT2D eigenvalue weighted by Gasteiger charge is 2.29. The maximum atomic E-state index is 11.8. The van der Waals surface area contributed by atoms with Gasteiger partial charge in [-0.25, -0.2) is 4.79 Å². The SMILES string of the molecule is CN(CC1CCC(CC(=O)O)C1)C(=O)OC(C)(C)C. The highest BCUT2D eigenvalue weighted by atomic mass is 16.6. The summed E-state index contributed by atoms with van der Waals surface area (Å²) in [5, 5.41) is 8.77. The van der Waals surface area contributed by atoms with E-state index in [1.54, 1.807) is 11.9 Å². The van der Waals surface area contributed by atoms with Gasteiger partial charge in [-0.05, 0) is 51.9 Å². The molecule has 2 atom stereocenters. The van der Waals surface area contributed by atoms with E-state index >= 15 is 0 Å². The minimum atomic E-state index is -0.730. The summed E-state index contributed by atoms with van der Waals surface area (Å²) in [5.74, 6) is -0.0810. The Kier molecular flexibility index (Phi) is 5.20. The predicted octanol–water partition coefficient (Wildman–Crippen LogP) is 2.74. The van der Waals surface area contributed by atoms with Crippen molar-refractivity contribution in [2.75, 3.05) is 13.6 Å². The Hall–Kier alpha value is -1.26. The number of hydrogen-bond donors (Lipinski definition) is 1. The minimum absolute atomic E-state index is 0.243. The Morgan fingerprint density at radius 2 is 1.84 bits per heavy atom. The molecule has 0 saturated heterocycles. The van der Waals surface area contributed by atoms with Gasteiger partial charge in [0.05, 0.1) is 0 Å². The lowest BCUT2D eigenvalue weighted by Crippen LogP contribution is -2.36. The molecule has 5 heteroatoms. The summed E-state index contributed by atoms with van der Waals surface area (Å²) in [7, 11) is 1.73. The van der Waals surface area contributed by atoms with E-state index in [1.165, 1.54) is 0 Å². The molecule has 1 saturated carbocycles. The summed E-state index contributed by atoms with van der Waals surface area (Å²) < 4.78 is 5.29. The van der Waals surface area contributed by atoms with Crippen molar-refractivity contribution in [1.82, 2.24) is 4.90 Å². The lowest BCUT2D eigenvalue weighted by molar-refractivity contribution is -0.138. The van der Waals surface area contributed by atoms with Crippen molar-refractivity contribution < 1.29 is 19.4 Å². The Morgan fingerprint density at radius 1 is 1.26 bits per heavy atom. The van der Waals surface area contributed by atoms with Crippen LogP contribution in [0.15, 0.2) is 0 Å². The first-order valence-electron chi connectivity index (χ1n) is 6.83. The molecule has 0 spiro atoms. The zero-order valence-electron chi connectivity index (χ0n) is 12.3. The third-order valence-electron chi connectivity index (χ3n) is 3.35. The summed E-state index contributed by atoms with van der Waals surface area (Å²) in [6.07, 6.45) is 2.75. The molecule has 0 aromatic heterocycles. The topological polar surface area (TPSA) is 66.8 Å². The average molecular weight is 271 g/mol. The van der Waals surface area contributed by atoms with Gasteiger partial charge in [0.15, 0.2) is 0 Å². The molecular weight excluding hydrogens is 246 g/mol. The van der Waals surface area contributed by atoms with Gasteiger partial charge in [0.25, 0.3) is 0 Å². The monoisotopic (exact) mass is 271 g/mol. The zero-order chi connectivity index (χ0) is 14.6. The fourth-order valence-corrected chi connectivity index (χ4v) is 2.58. The number of hydrogen-bond acceptors (Lipinski definition) is 3. The second kappa shape index (κ2) is 6.26. The maximum Gasteiger partial charge on any atom is 0.410 e. The number of carboxylic acids is 1. The Bertz CT molecular complexity index is 335. The van der Waals surface area contributed by atoms with Crippen LogP contribution in [-0.4, -0.2) is 41.3 Å². The third kappa shape index (κ3) is 5.94. The first-order valence-corrected chi connectivity index (χ1v) is 6.83. The number of nitrogens with zero attached hydrogens (tertiary/aromatic N) is 1. The first-order chi connectivity index (χ1) is 8.67. The first kappa shape index (κ1) is 15.8. The van der Waals surface area contributed by atoms with Gasteiger partial charge in [0.2, 0.25) is 0 Å². The third-order valence-corrected chi connectivity index (χ3v) is 3.35. The number of rotatable bonds is 4. The molecule has 1 amide bonds. The molecule has 0 aliphatic heterocycles. The van der Waals surface area contributed by atoms with E-state index in [-0.39, 0.29) is 18.4 Å². The van der Waals surface area contributed by atoms with Crippen molar-refractivity contribution in [1.29, 1.82) is 0 Å². The van der Waals surface area contributed by atoms with Gasteiger partial charge in [-0.3, -0.25) is 4.79 Å². The quantitative estimate of drug-likeness (QED) is 0.853. The van der Waals surface area contributed by atoms with E-state index < -0.39 is 11.6 Å². The van der Waals surface area contributed by atoms with Gasteiger partial charge in [-0.2, -0.15) is 0 Å². The van der Waals surface area contributed by atoms with Crippen LogP contribution >= 0.6 is 0 Å². The Labute approximate surface area is 114 Å². The van der Waals surface area contributed by atoms with Crippen LogP contribution in [0.3, 0.4) is 0 Å². The van der Waals surface area contributed by atoms with Crippen molar-refractivity contribution in [3.8, 4) is 0 Å². The molecule has 1 rings (SSSR count). The molecule has 1 aliphatic carbocycles. The second-order valence-electron chi connectivity index (χ2n) is 6.50. The molecule has 0 heterocycles. The van der Waals surface area contributed by atoms with Gasteiger partial charge in [0, 0.05) is 20.0 Å². The summed E-state index contributed by atoms with van der Waals surface area (Å²) in [5.41, 5.74) is -0.479. The average Bonchev–Trinajstić information content (AvgIpc) is 2.61. The highest BCUT2D eigenvalue weighted by Crippen LogP contribution is 2.33. The van der Waals surface area contributed by atoms with Gasteiger partial charge in [-0.1, -0.05) is 0 Å². The summed E-state index contributed by atoms with van der Waals surface area (Å²) in [6, 6.07) is 0. The van der Waals surface area contributed by atoms with E-state index in [1.807, 2.05) is 20.8 Å². The van der Waals surface area contributed by atoms with Crippen LogP contribution in [0.4, 0.5) is 4.79 Å². The van der Waals surface area contributed by atoms with E-state index in [4.69, 9.17) is 9.84 Å². The number of carbonyl (C=O) groups is 2. The number of aliphatic carboxylic acids is 1. The van der Waals surface area contributed by atoms with Crippen molar-refractivity contribution in [2.24, 2.45) is 11.8 Å². The van der Waals surface area contributed by atoms with E-state index in [9.17, 15) is 9.59 Å². The second-order valence-corrected chi connectivity index (χ2v) is 6.50. The minimum Gasteiger partial charge on any atom is -0.481 e. The summed E-state index contributed by atoms with van der Waals surface area (Å²) in [6.45, 7) is 6.18. The van der Waals surface area contributed by atoms with Crippen LogP contribution in [0.2, 0.25) is 0 Å². The Balaban J connectivity index is 2.36. The molecule has 1 fully saturated rings. The molecule has 5 nitrogen and oxygen atoms in total. The fourth-order valence-electron chi connectivity index (χ4n) is 2.58. The van der Waals surface area contributed by atoms with Gasteiger partial charge >= 0.3 is 12.1 Å². The molecule has 0 aromatic carbocycles. The number of amides is 1. The normalized spacial score (nSPS) is 23.2. The standard InChI is InChI=1S/C14H25NO4/c1-14(2,3)19-13(18)15(4)9-11-6-5-10(7-11)8-12(16)17/h10-11H,5-9H2,1-4H3,(H,16,17). The molecule has 0 bridgehead atoms. The van der Waals surface area contributed by atoms with Crippen molar-refractivity contribution in [3.63, 3.8) is 0 Å². The van der Waals surface area contributed by atoms with Crippen molar-refractivity contribution in [3.05, 3.63) is 0 Å². The van der Waals surface area contributed by atoms with Crippen LogP contribution in [-0.2, 0) is 9.53 Å². The number of ether oxygens (including phenoxy) is 1. The van der Waals surface area contributed by atoms with Crippen LogP contribution in [0.5, 0.6) is 0 Å². The van der Waals surface area contributed by atoms with Crippen molar-refractivity contribution in [2.45, 2.75) is 52.1 Å². The molecular formula is C14H25NO4. The predicted molar refractivity (Wildman–Crippen MR) is 71.9 cm³/mol. The van der Waals surface area contributed by atoms with Crippen LogP contribution in [0, 0.1) is 11.8 Å². The zero-order valence-corrected chi connectivity index (χ0v) is 12.3. The molecule has 19 heavy (non-hydrogen) atoms. The maximum absolute atomic E-state index is 11.8. The molecule has 0 aromatic rings. The largest absolute Gasteiger partial charge is 0.481 e. The molecule has 1 N–H and O–H groups in total. The van der Waals surface area contributed by atoms with Crippen LogP contribution < -0.4 is 0 Å². The van der Waals surface area contributed by atoms with Crippen LogP contribution in [0.25, 0.3) is 0 Å². The molecule has 0 radical (unpaired) electrons. The molecule has 2 unspecified atom stereocenters. The van der Waals surface area contributed by atoms with Crippen LogP contribution in [0.1, 0.15) is 46.5 Å². The Morgan fingerprint density at radius 3 is 2.37 bits per heavy atom. The lowest BCUT2D eigenvalue weighted by Gasteiger charge is -2.26. The van der Waals surface area contributed by atoms with E-state index in [0.717, 1.165) is 19.3 Å². The van der Waals surface area contributed by atoms with E-state index in [0.29, 0.717) is 12.5 Å². The summed E-state index contributed by atoms with van der Waals surface area (Å²) in [4.78, 5) is 24.1. The van der Waals surface area contributed by atoms with E-state index in [2.05, 4.69) is 0 Å². The molecule has 110 valence electrons. The summed E-state index contributed by atoms with van der Waals surface area (Å²) >= 11 is 0. The van der Waals surface area contributed by atoms with Gasteiger partial charge in [0.1, 0.15) is 5.60 Å². The number of carboxylic acid groups (broad SMARTS) is 1. The van der Waals surface area contributed by atoms with Crippen molar-refractivity contribution >= 4 is 12.1 Å². The fraction of sp³-hybridized carbons (Fsp3) is 0.857. The molecule has 1 aliphatic rings. The smallest absolute Gasteiger partial charge is 0.410 e. The number of carbonyl (C=O) groups excluding carboxylic acids is 1. The van der Waals surface area contributed by atoms with Gasteiger partial charge < -0.3 is 14.7 Å². The highest BCUT2D eigenvalue weighted by molar-refractivity contribution is 5.68. The van der Waals surface area contributed by atoms with Gasteiger partial charge in [-0.15, -0.1) is 0 Å². The lowest BCUT2D eigenvalue weighted by atomic mass is 10.0.